The molecular formula is C17H18N2O2. The number of fused-ring (bicyclic) bond motifs is 1. The highest BCUT2D eigenvalue weighted by atomic mass is 16.5. The first-order valence-corrected chi connectivity index (χ1v) is 7.04. The van der Waals surface area contributed by atoms with Crippen LogP contribution in [-0.4, -0.2) is 21.1 Å². The van der Waals surface area contributed by atoms with Crippen LogP contribution in [0.15, 0.2) is 42.7 Å². The van der Waals surface area contributed by atoms with Gasteiger partial charge in [0.1, 0.15) is 11.4 Å². The molecule has 3 rings (SSSR count). The van der Waals surface area contributed by atoms with E-state index in [1.54, 1.807) is 0 Å². The molecule has 2 heterocycles. The Morgan fingerprint density at radius 2 is 2.14 bits per heavy atom. The molecule has 4 heteroatoms. The molecule has 1 aromatic carbocycles. The maximum atomic E-state index is 9.42. The molecule has 0 spiro atoms. The quantitative estimate of drug-likeness (QED) is 0.799. The average molecular weight is 282 g/mol. The molecule has 21 heavy (non-hydrogen) atoms. The molecule has 2 aromatic heterocycles. The molecule has 4 nitrogen and oxygen atoms in total. The van der Waals surface area contributed by atoms with Gasteiger partial charge in [-0.15, -0.1) is 0 Å². The summed E-state index contributed by atoms with van der Waals surface area (Å²) in [5.41, 5.74) is 4.58. The second-order valence-electron chi connectivity index (χ2n) is 4.98. The molecule has 0 saturated carbocycles. The number of aryl methyl sites for hydroxylation is 1. The van der Waals surface area contributed by atoms with Crippen molar-refractivity contribution in [1.82, 2.24) is 9.38 Å². The summed E-state index contributed by atoms with van der Waals surface area (Å²) in [7, 11) is 0. The summed E-state index contributed by atoms with van der Waals surface area (Å²) in [6, 6.07) is 9.87. The first-order chi connectivity index (χ1) is 10.2. The lowest BCUT2D eigenvalue weighted by Gasteiger charge is -2.09. The predicted molar refractivity (Wildman–Crippen MR) is 82.5 cm³/mol. The van der Waals surface area contributed by atoms with Crippen molar-refractivity contribution in [3.05, 3.63) is 53.9 Å². The highest BCUT2D eigenvalue weighted by Gasteiger charge is 2.12. The molecule has 3 aromatic rings. The number of nitrogens with zero attached hydrogens (tertiary/aromatic N) is 2. The minimum Gasteiger partial charge on any atom is -0.493 e. The van der Waals surface area contributed by atoms with Crippen molar-refractivity contribution in [2.75, 3.05) is 6.61 Å². The van der Waals surface area contributed by atoms with Crippen LogP contribution in [0.3, 0.4) is 0 Å². The van der Waals surface area contributed by atoms with Crippen molar-refractivity contribution in [3.63, 3.8) is 0 Å². The van der Waals surface area contributed by atoms with Gasteiger partial charge in [-0.05, 0) is 32.0 Å². The monoisotopic (exact) mass is 282 g/mol. The molecule has 0 atom stereocenters. The van der Waals surface area contributed by atoms with Crippen LogP contribution in [-0.2, 0) is 6.61 Å². The SMILES string of the molecule is CCOc1ccc(C)cc1-c1cn2cccc(CO)c2n1. The summed E-state index contributed by atoms with van der Waals surface area (Å²) in [4.78, 5) is 4.66. The summed E-state index contributed by atoms with van der Waals surface area (Å²) in [5.74, 6) is 0.831. The standard InChI is InChI=1S/C17H18N2O2/c1-3-21-16-7-6-12(2)9-14(16)15-10-19-8-4-5-13(11-20)17(19)18-15/h4-10,20H,3,11H2,1-2H3. The van der Waals surface area contributed by atoms with E-state index >= 15 is 0 Å². The molecule has 0 aliphatic heterocycles. The Hall–Kier alpha value is -2.33. The predicted octanol–water partition coefficient (Wildman–Crippen LogP) is 3.20. The molecule has 0 bridgehead atoms. The Balaban J connectivity index is 2.18. The molecule has 108 valence electrons. The number of rotatable bonds is 4. The van der Waals surface area contributed by atoms with Crippen molar-refractivity contribution in [3.8, 4) is 17.0 Å². The topological polar surface area (TPSA) is 46.8 Å². The van der Waals surface area contributed by atoms with Gasteiger partial charge < -0.3 is 14.2 Å². The summed E-state index contributed by atoms with van der Waals surface area (Å²) < 4.78 is 7.63. The van der Waals surface area contributed by atoms with Gasteiger partial charge in [0.25, 0.3) is 0 Å². The normalized spacial score (nSPS) is 11.0. The average Bonchev–Trinajstić information content (AvgIpc) is 2.93. The molecular weight excluding hydrogens is 264 g/mol. The van der Waals surface area contributed by atoms with Gasteiger partial charge in [-0.25, -0.2) is 4.98 Å². The molecule has 0 aliphatic rings. The highest BCUT2D eigenvalue weighted by molar-refractivity contribution is 5.70. The van der Waals surface area contributed by atoms with Crippen molar-refractivity contribution in [2.24, 2.45) is 0 Å². The van der Waals surface area contributed by atoms with Gasteiger partial charge in [0, 0.05) is 23.5 Å². The highest BCUT2D eigenvalue weighted by Crippen LogP contribution is 2.31. The third-order valence-electron chi connectivity index (χ3n) is 3.44. The van der Waals surface area contributed by atoms with Crippen molar-refractivity contribution in [2.45, 2.75) is 20.5 Å². The minimum atomic E-state index is -0.0209. The first-order valence-electron chi connectivity index (χ1n) is 7.04. The summed E-state index contributed by atoms with van der Waals surface area (Å²) in [6.45, 7) is 4.61. The molecule has 1 N–H and O–H groups in total. The first kappa shape index (κ1) is 13.6. The number of aliphatic hydroxyl groups excluding tert-OH is 1. The fraction of sp³-hybridized carbons (Fsp3) is 0.235. The van der Waals surface area contributed by atoms with Gasteiger partial charge in [-0.2, -0.15) is 0 Å². The number of imidazole rings is 1. The van der Waals surface area contributed by atoms with Gasteiger partial charge in [-0.1, -0.05) is 17.7 Å². The van der Waals surface area contributed by atoms with E-state index in [4.69, 9.17) is 4.74 Å². The number of aromatic nitrogens is 2. The Morgan fingerprint density at radius 1 is 1.29 bits per heavy atom. The van der Waals surface area contributed by atoms with E-state index in [1.807, 2.05) is 54.9 Å². The lowest BCUT2D eigenvalue weighted by atomic mass is 10.1. The second-order valence-corrected chi connectivity index (χ2v) is 4.98. The maximum absolute atomic E-state index is 9.42. The fourth-order valence-electron chi connectivity index (χ4n) is 2.45. The molecule has 0 amide bonds. The number of ether oxygens (including phenoxy) is 1. The number of aliphatic hydroxyl groups is 1. The van der Waals surface area contributed by atoms with Gasteiger partial charge >= 0.3 is 0 Å². The number of hydrogen-bond donors (Lipinski definition) is 1. The third-order valence-corrected chi connectivity index (χ3v) is 3.44. The van der Waals surface area contributed by atoms with Gasteiger partial charge in [0.05, 0.1) is 18.9 Å². The molecule has 0 unspecified atom stereocenters. The zero-order chi connectivity index (χ0) is 14.8. The van der Waals surface area contributed by atoms with E-state index in [2.05, 4.69) is 11.1 Å². The van der Waals surface area contributed by atoms with Crippen LogP contribution in [0.25, 0.3) is 16.9 Å². The molecule has 0 aliphatic carbocycles. The van der Waals surface area contributed by atoms with Gasteiger partial charge in [0.2, 0.25) is 0 Å². The zero-order valence-corrected chi connectivity index (χ0v) is 12.2. The van der Waals surface area contributed by atoms with Crippen molar-refractivity contribution in [1.29, 1.82) is 0 Å². The van der Waals surface area contributed by atoms with Crippen LogP contribution in [0.2, 0.25) is 0 Å². The van der Waals surface area contributed by atoms with Gasteiger partial charge in [0.15, 0.2) is 0 Å². The van der Waals surface area contributed by atoms with E-state index in [9.17, 15) is 5.11 Å². The van der Waals surface area contributed by atoms with Crippen molar-refractivity contribution < 1.29 is 9.84 Å². The van der Waals surface area contributed by atoms with Crippen LogP contribution in [0.4, 0.5) is 0 Å². The second kappa shape index (κ2) is 5.58. The van der Waals surface area contributed by atoms with E-state index < -0.39 is 0 Å². The summed E-state index contributed by atoms with van der Waals surface area (Å²) in [6.07, 6.45) is 3.90. The van der Waals surface area contributed by atoms with E-state index in [0.717, 1.165) is 33.8 Å². The van der Waals surface area contributed by atoms with Crippen LogP contribution in [0.5, 0.6) is 5.75 Å². The van der Waals surface area contributed by atoms with Crippen LogP contribution in [0, 0.1) is 6.92 Å². The Kier molecular flexibility index (Phi) is 3.62. The smallest absolute Gasteiger partial charge is 0.142 e. The zero-order valence-electron chi connectivity index (χ0n) is 12.2. The minimum absolute atomic E-state index is 0.0209. The van der Waals surface area contributed by atoms with Crippen molar-refractivity contribution >= 4 is 5.65 Å². The molecule has 0 fully saturated rings. The van der Waals surface area contributed by atoms with Crippen LogP contribution in [0.1, 0.15) is 18.1 Å². The number of pyridine rings is 1. The Morgan fingerprint density at radius 3 is 2.90 bits per heavy atom. The lowest BCUT2D eigenvalue weighted by Crippen LogP contribution is -1.94. The van der Waals surface area contributed by atoms with E-state index in [-0.39, 0.29) is 6.61 Å². The Labute approximate surface area is 123 Å². The van der Waals surface area contributed by atoms with Crippen LogP contribution < -0.4 is 4.74 Å². The van der Waals surface area contributed by atoms with Crippen LogP contribution >= 0.6 is 0 Å². The van der Waals surface area contributed by atoms with E-state index in [0.29, 0.717) is 6.61 Å². The van der Waals surface area contributed by atoms with E-state index in [1.165, 1.54) is 0 Å². The fourth-order valence-corrected chi connectivity index (χ4v) is 2.45. The molecule has 0 saturated heterocycles. The third kappa shape index (κ3) is 2.50. The summed E-state index contributed by atoms with van der Waals surface area (Å²) in [5, 5.41) is 9.42. The lowest BCUT2D eigenvalue weighted by molar-refractivity contribution is 0.282. The van der Waals surface area contributed by atoms with Gasteiger partial charge in [-0.3, -0.25) is 0 Å². The maximum Gasteiger partial charge on any atom is 0.142 e. The summed E-state index contributed by atoms with van der Waals surface area (Å²) >= 11 is 0. The molecule has 0 radical (unpaired) electrons. The number of benzene rings is 1. The Bertz CT molecular complexity index is 778. The number of hydrogen-bond acceptors (Lipinski definition) is 3. The largest absolute Gasteiger partial charge is 0.493 e.